The Kier molecular flexibility index (Phi) is 3.84. The van der Waals surface area contributed by atoms with Crippen molar-refractivity contribution >= 4 is 17.6 Å². The van der Waals surface area contributed by atoms with Gasteiger partial charge in [-0.3, -0.25) is 4.98 Å². The van der Waals surface area contributed by atoms with Crippen LogP contribution in [-0.2, 0) is 4.74 Å². The smallest absolute Gasteiger partial charge is 0.342 e. The lowest BCUT2D eigenvalue weighted by atomic mass is 10.3. The Morgan fingerprint density at radius 2 is 2.22 bits per heavy atom. The van der Waals surface area contributed by atoms with E-state index in [4.69, 9.17) is 16.3 Å². The van der Waals surface area contributed by atoms with E-state index in [9.17, 15) is 4.79 Å². The molecular formula is C12H10ClN3O2. The van der Waals surface area contributed by atoms with Crippen molar-refractivity contribution in [1.29, 1.82) is 0 Å². The summed E-state index contributed by atoms with van der Waals surface area (Å²) in [6.45, 7) is 1.99. The lowest BCUT2D eigenvalue weighted by Gasteiger charge is -2.04. The molecule has 0 aliphatic heterocycles. The van der Waals surface area contributed by atoms with Gasteiger partial charge in [0.15, 0.2) is 5.82 Å². The zero-order chi connectivity index (χ0) is 13.0. The second-order valence-corrected chi connectivity index (χ2v) is 3.69. The highest BCUT2D eigenvalue weighted by atomic mass is 35.5. The normalized spacial score (nSPS) is 10.1. The number of rotatable bonds is 3. The monoisotopic (exact) mass is 263 g/mol. The molecule has 0 fully saturated rings. The SMILES string of the molecule is CCOC(=O)c1cnc(-c2ccccn2)nc1Cl. The summed E-state index contributed by atoms with van der Waals surface area (Å²) in [5.41, 5.74) is 0.744. The quantitative estimate of drug-likeness (QED) is 0.628. The van der Waals surface area contributed by atoms with Gasteiger partial charge < -0.3 is 4.74 Å². The Labute approximate surface area is 109 Å². The summed E-state index contributed by atoms with van der Waals surface area (Å²) in [7, 11) is 0. The molecule has 0 aliphatic rings. The van der Waals surface area contributed by atoms with Crippen LogP contribution in [0.3, 0.4) is 0 Å². The summed E-state index contributed by atoms with van der Waals surface area (Å²) in [6.07, 6.45) is 2.98. The molecule has 0 unspecified atom stereocenters. The molecule has 0 atom stereocenters. The van der Waals surface area contributed by atoms with Gasteiger partial charge in [0.2, 0.25) is 0 Å². The van der Waals surface area contributed by atoms with Crippen LogP contribution in [-0.4, -0.2) is 27.5 Å². The fourth-order valence-corrected chi connectivity index (χ4v) is 1.53. The second kappa shape index (κ2) is 5.55. The highest BCUT2D eigenvalue weighted by molar-refractivity contribution is 6.32. The molecule has 0 amide bonds. The molecule has 6 heteroatoms. The molecular weight excluding hydrogens is 254 g/mol. The maximum absolute atomic E-state index is 11.5. The van der Waals surface area contributed by atoms with Crippen LogP contribution in [0.5, 0.6) is 0 Å². The highest BCUT2D eigenvalue weighted by Gasteiger charge is 2.15. The molecule has 0 spiro atoms. The number of nitrogens with zero attached hydrogens (tertiary/aromatic N) is 3. The Balaban J connectivity index is 2.34. The summed E-state index contributed by atoms with van der Waals surface area (Å²) in [6, 6.07) is 5.37. The molecule has 0 saturated carbocycles. The Morgan fingerprint density at radius 3 is 2.83 bits per heavy atom. The van der Waals surface area contributed by atoms with E-state index in [2.05, 4.69) is 15.0 Å². The van der Waals surface area contributed by atoms with Crippen LogP contribution in [0, 0.1) is 0 Å². The van der Waals surface area contributed by atoms with Crippen LogP contribution >= 0.6 is 11.6 Å². The Bertz CT molecular complexity index is 561. The third-order valence-corrected chi connectivity index (χ3v) is 2.42. The van der Waals surface area contributed by atoms with Crippen LogP contribution in [0.1, 0.15) is 17.3 Å². The van der Waals surface area contributed by atoms with Crippen LogP contribution in [0.25, 0.3) is 11.5 Å². The highest BCUT2D eigenvalue weighted by Crippen LogP contribution is 2.18. The van der Waals surface area contributed by atoms with Crippen molar-refractivity contribution in [1.82, 2.24) is 15.0 Å². The van der Waals surface area contributed by atoms with Gasteiger partial charge in [0, 0.05) is 12.4 Å². The van der Waals surface area contributed by atoms with Crippen LogP contribution in [0.15, 0.2) is 30.6 Å². The van der Waals surface area contributed by atoms with Gasteiger partial charge in [0.1, 0.15) is 16.4 Å². The van der Waals surface area contributed by atoms with Crippen molar-refractivity contribution in [2.24, 2.45) is 0 Å². The summed E-state index contributed by atoms with van der Waals surface area (Å²) in [5, 5.41) is 0.0594. The van der Waals surface area contributed by atoms with Gasteiger partial charge in [-0.1, -0.05) is 17.7 Å². The van der Waals surface area contributed by atoms with E-state index in [0.717, 1.165) is 0 Å². The first-order chi connectivity index (χ1) is 8.72. The molecule has 2 rings (SSSR count). The van der Waals surface area contributed by atoms with E-state index < -0.39 is 5.97 Å². The van der Waals surface area contributed by atoms with Crippen molar-refractivity contribution in [3.05, 3.63) is 41.3 Å². The molecule has 0 radical (unpaired) electrons. The topological polar surface area (TPSA) is 65.0 Å². The Hall–Kier alpha value is -2.01. The number of carbonyl (C=O) groups is 1. The largest absolute Gasteiger partial charge is 0.462 e. The van der Waals surface area contributed by atoms with Gasteiger partial charge in [-0.2, -0.15) is 0 Å². The minimum Gasteiger partial charge on any atom is -0.462 e. The van der Waals surface area contributed by atoms with E-state index >= 15 is 0 Å². The molecule has 0 N–H and O–H groups in total. The van der Waals surface area contributed by atoms with Gasteiger partial charge in [0.25, 0.3) is 0 Å². The molecule has 92 valence electrons. The average molecular weight is 264 g/mol. The van der Waals surface area contributed by atoms with Crippen molar-refractivity contribution in [3.63, 3.8) is 0 Å². The van der Waals surface area contributed by atoms with Crippen molar-refractivity contribution < 1.29 is 9.53 Å². The van der Waals surface area contributed by atoms with Crippen LogP contribution in [0.4, 0.5) is 0 Å². The predicted molar refractivity (Wildman–Crippen MR) is 66.2 cm³/mol. The van der Waals surface area contributed by atoms with Crippen LogP contribution < -0.4 is 0 Å². The van der Waals surface area contributed by atoms with Gasteiger partial charge in [0.05, 0.1) is 6.61 Å². The van der Waals surface area contributed by atoms with E-state index in [1.54, 1.807) is 25.3 Å². The van der Waals surface area contributed by atoms with E-state index in [-0.39, 0.29) is 17.3 Å². The van der Waals surface area contributed by atoms with Crippen molar-refractivity contribution in [2.45, 2.75) is 6.92 Å². The van der Waals surface area contributed by atoms with Crippen molar-refractivity contribution in [3.8, 4) is 11.5 Å². The summed E-state index contributed by atoms with van der Waals surface area (Å²) in [5.74, 6) is -0.163. The molecule has 2 heterocycles. The average Bonchev–Trinajstić information content (AvgIpc) is 2.40. The number of hydrogen-bond donors (Lipinski definition) is 0. The second-order valence-electron chi connectivity index (χ2n) is 3.33. The van der Waals surface area contributed by atoms with E-state index in [1.807, 2.05) is 6.07 Å². The molecule has 2 aromatic heterocycles. The third kappa shape index (κ3) is 2.62. The maximum Gasteiger partial charge on any atom is 0.342 e. The first-order valence-electron chi connectivity index (χ1n) is 5.33. The lowest BCUT2D eigenvalue weighted by Crippen LogP contribution is -2.07. The summed E-state index contributed by atoms with van der Waals surface area (Å²) in [4.78, 5) is 23.7. The van der Waals surface area contributed by atoms with Gasteiger partial charge in [-0.25, -0.2) is 14.8 Å². The zero-order valence-corrected chi connectivity index (χ0v) is 10.4. The number of pyridine rings is 1. The van der Waals surface area contributed by atoms with E-state index in [1.165, 1.54) is 6.20 Å². The molecule has 2 aromatic rings. The number of carbonyl (C=O) groups excluding carboxylic acids is 1. The molecule has 0 aromatic carbocycles. The first kappa shape index (κ1) is 12.4. The predicted octanol–water partition coefficient (Wildman–Crippen LogP) is 2.37. The Morgan fingerprint density at radius 1 is 1.39 bits per heavy atom. The summed E-state index contributed by atoms with van der Waals surface area (Å²) < 4.78 is 4.84. The van der Waals surface area contributed by atoms with Crippen molar-refractivity contribution in [2.75, 3.05) is 6.61 Å². The van der Waals surface area contributed by atoms with Gasteiger partial charge in [-0.05, 0) is 19.1 Å². The minimum absolute atomic E-state index is 0.0594. The molecule has 18 heavy (non-hydrogen) atoms. The zero-order valence-electron chi connectivity index (χ0n) is 9.63. The lowest BCUT2D eigenvalue weighted by molar-refractivity contribution is 0.0525. The molecule has 0 bridgehead atoms. The fourth-order valence-electron chi connectivity index (χ4n) is 1.33. The molecule has 5 nitrogen and oxygen atoms in total. The number of aromatic nitrogens is 3. The first-order valence-corrected chi connectivity index (χ1v) is 5.71. The summed E-state index contributed by atoms with van der Waals surface area (Å²) >= 11 is 5.93. The van der Waals surface area contributed by atoms with Gasteiger partial charge in [-0.15, -0.1) is 0 Å². The number of hydrogen-bond acceptors (Lipinski definition) is 5. The minimum atomic E-state index is -0.532. The number of halogens is 1. The number of ether oxygens (including phenoxy) is 1. The third-order valence-electron chi connectivity index (χ3n) is 2.13. The molecule has 0 aliphatic carbocycles. The van der Waals surface area contributed by atoms with E-state index in [0.29, 0.717) is 11.5 Å². The fraction of sp³-hybridized carbons (Fsp3) is 0.167. The van der Waals surface area contributed by atoms with Crippen LogP contribution in [0.2, 0.25) is 5.15 Å². The van der Waals surface area contributed by atoms with Gasteiger partial charge >= 0.3 is 5.97 Å². The maximum atomic E-state index is 11.5. The number of esters is 1. The standard InChI is InChI=1S/C12H10ClN3O2/c1-2-18-12(17)8-7-15-11(16-10(8)13)9-5-3-4-6-14-9/h3-7H,2H2,1H3. The molecule has 0 saturated heterocycles.